The van der Waals surface area contributed by atoms with E-state index in [1.807, 2.05) is 13.0 Å². The fourth-order valence-corrected chi connectivity index (χ4v) is 9.28. The van der Waals surface area contributed by atoms with Crippen LogP contribution in [0.1, 0.15) is 79.1 Å². The maximum Gasteiger partial charge on any atom is 0.427 e. The Balaban J connectivity index is 1.38. The number of ether oxygens (including phenoxy) is 3. The highest BCUT2D eigenvalue weighted by molar-refractivity contribution is 7.91. The Bertz CT molecular complexity index is 2080. The standard InChI is InChI=1S/C39H49ClF3N5O9S/c1-6-22-15-21(2)9-7-8-10-23-18-38(23,35(51)47-58(53,54)26-12-13-26)46-32(49)29-17-25(56-33-28-16-24(40)11-14-27(28)30(55-5)19-44-33)20-48(29)34(50)31(22)45-36(52)57-37(3,4)39(41,42)43/h8,10-11,14,16,19,21-23,25-26,29,31H,6-7,9,12-13,15,17-18,20H2,1-5H3,(H,45,52)(H,46,49)(H,47,51)/t21-,22-,23-,25-,29+,31+,38-/m1/s1. The van der Waals surface area contributed by atoms with Crippen molar-refractivity contribution in [3.8, 4) is 11.6 Å². The minimum absolute atomic E-state index is 0.0399. The number of fused-ring (bicyclic) bond motifs is 3. The van der Waals surface area contributed by atoms with E-state index in [9.17, 15) is 40.8 Å². The van der Waals surface area contributed by atoms with Crippen molar-refractivity contribution in [1.82, 2.24) is 25.2 Å². The third-order valence-corrected chi connectivity index (χ3v) is 13.6. The topological polar surface area (TPSA) is 182 Å². The van der Waals surface area contributed by atoms with E-state index in [1.54, 1.807) is 31.2 Å². The van der Waals surface area contributed by atoms with Gasteiger partial charge in [0, 0.05) is 28.1 Å². The summed E-state index contributed by atoms with van der Waals surface area (Å²) in [5.74, 6) is -3.11. The highest BCUT2D eigenvalue weighted by Crippen LogP contribution is 2.46. The first-order valence-electron chi connectivity index (χ1n) is 19.4. The number of rotatable bonds is 9. The summed E-state index contributed by atoms with van der Waals surface area (Å²) in [6.07, 6.45) is 0.418. The number of hydrogen-bond donors (Lipinski definition) is 3. The van der Waals surface area contributed by atoms with Gasteiger partial charge in [-0.05, 0) is 82.4 Å². The SMILES string of the molecule is CC[C@@H]1C[C@H](C)CCC=C[C@@H]2C[C@@]2(C(=O)NS(=O)(=O)C2CC2)NC(=O)[C@@H]2C[C@@H](Oc3ncc(OC)c4ccc(Cl)cc34)CN2C(=O)[C@H]1NC(=O)OC(C)(C)C(F)(F)F. The molecule has 4 aliphatic rings. The van der Waals surface area contributed by atoms with Crippen molar-refractivity contribution >= 4 is 56.2 Å². The molecule has 1 aromatic carbocycles. The molecule has 19 heteroatoms. The van der Waals surface area contributed by atoms with Gasteiger partial charge in [-0.25, -0.2) is 18.2 Å². The number of carbonyl (C=O) groups is 4. The molecule has 14 nitrogen and oxygen atoms in total. The second-order valence-corrected chi connectivity index (χ2v) is 18.7. The predicted molar refractivity (Wildman–Crippen MR) is 206 cm³/mol. The molecule has 0 bridgehead atoms. The molecule has 0 spiro atoms. The van der Waals surface area contributed by atoms with Gasteiger partial charge in [0.25, 0.3) is 5.91 Å². The lowest BCUT2D eigenvalue weighted by atomic mass is 9.85. The number of methoxy groups -OCH3 is 1. The molecule has 6 rings (SSSR count). The van der Waals surface area contributed by atoms with Crippen LogP contribution in [0.2, 0.25) is 5.02 Å². The van der Waals surface area contributed by atoms with Gasteiger partial charge in [-0.3, -0.25) is 19.1 Å². The van der Waals surface area contributed by atoms with Crippen LogP contribution in [0.25, 0.3) is 10.8 Å². The van der Waals surface area contributed by atoms with Crippen LogP contribution in [0.15, 0.2) is 36.5 Å². The average Bonchev–Trinajstić information content (AvgIpc) is 4.07. The van der Waals surface area contributed by atoms with Crippen LogP contribution in [0, 0.1) is 17.8 Å². The van der Waals surface area contributed by atoms with Gasteiger partial charge in [-0.15, -0.1) is 0 Å². The molecular weight excluding hydrogens is 807 g/mol. The second-order valence-electron chi connectivity index (χ2n) is 16.3. The molecule has 3 N–H and O–H groups in total. The Kier molecular flexibility index (Phi) is 12.2. The first kappa shape index (κ1) is 43.3. The summed E-state index contributed by atoms with van der Waals surface area (Å²) in [5.41, 5.74) is -4.54. The highest BCUT2D eigenvalue weighted by Gasteiger charge is 2.62. The highest BCUT2D eigenvalue weighted by atomic mass is 35.5. The number of alkyl carbamates (subject to hydrolysis) is 1. The van der Waals surface area contributed by atoms with Gasteiger partial charge in [0.1, 0.15) is 29.5 Å². The van der Waals surface area contributed by atoms with Crippen LogP contribution in [0.5, 0.6) is 11.6 Å². The van der Waals surface area contributed by atoms with Crippen molar-refractivity contribution < 1.29 is 55.0 Å². The molecule has 2 aliphatic heterocycles. The van der Waals surface area contributed by atoms with E-state index in [4.69, 9.17) is 25.8 Å². The van der Waals surface area contributed by atoms with Crippen LogP contribution < -0.4 is 24.8 Å². The van der Waals surface area contributed by atoms with E-state index < -0.39 is 86.4 Å². The van der Waals surface area contributed by atoms with Gasteiger partial charge < -0.3 is 29.7 Å². The molecule has 2 aliphatic carbocycles. The van der Waals surface area contributed by atoms with Crippen molar-refractivity contribution in [2.24, 2.45) is 17.8 Å². The lowest BCUT2D eigenvalue weighted by Crippen LogP contribution is -2.59. The van der Waals surface area contributed by atoms with Crippen molar-refractivity contribution in [3.05, 3.63) is 41.6 Å². The lowest BCUT2D eigenvalue weighted by molar-refractivity contribution is -0.244. The third kappa shape index (κ3) is 9.11. The van der Waals surface area contributed by atoms with Crippen molar-refractivity contribution in [3.63, 3.8) is 0 Å². The zero-order valence-corrected chi connectivity index (χ0v) is 34.4. The molecule has 4 amide bonds. The molecule has 3 fully saturated rings. The second kappa shape index (κ2) is 16.4. The van der Waals surface area contributed by atoms with E-state index >= 15 is 0 Å². The number of alkyl halides is 3. The zero-order valence-electron chi connectivity index (χ0n) is 32.9. The van der Waals surface area contributed by atoms with E-state index in [1.165, 1.54) is 18.2 Å². The third-order valence-electron chi connectivity index (χ3n) is 11.6. The predicted octanol–water partition coefficient (Wildman–Crippen LogP) is 5.57. The number of allylic oxidation sites excluding steroid dienone is 1. The summed E-state index contributed by atoms with van der Waals surface area (Å²) < 4.78 is 85.9. The molecule has 3 heterocycles. The van der Waals surface area contributed by atoms with Crippen LogP contribution in [0.4, 0.5) is 18.0 Å². The first-order valence-corrected chi connectivity index (χ1v) is 21.3. The van der Waals surface area contributed by atoms with Gasteiger partial charge in [-0.2, -0.15) is 13.2 Å². The number of pyridine rings is 1. The van der Waals surface area contributed by atoms with Crippen molar-refractivity contribution in [2.75, 3.05) is 13.7 Å². The van der Waals surface area contributed by atoms with E-state index in [0.717, 1.165) is 0 Å². The zero-order chi connectivity index (χ0) is 42.4. The summed E-state index contributed by atoms with van der Waals surface area (Å²) in [4.78, 5) is 62.0. The van der Waals surface area contributed by atoms with Gasteiger partial charge in [0.2, 0.25) is 33.3 Å². The van der Waals surface area contributed by atoms with Crippen molar-refractivity contribution in [1.29, 1.82) is 0 Å². The first-order chi connectivity index (χ1) is 27.2. The Labute approximate surface area is 340 Å². The summed E-state index contributed by atoms with van der Waals surface area (Å²) >= 11 is 6.33. The summed E-state index contributed by atoms with van der Waals surface area (Å²) in [6, 6.07) is 2.22. The average molecular weight is 856 g/mol. The molecule has 2 saturated carbocycles. The number of nitrogens with zero attached hydrogens (tertiary/aromatic N) is 2. The monoisotopic (exact) mass is 855 g/mol. The summed E-state index contributed by atoms with van der Waals surface area (Å²) in [7, 11) is -2.52. The number of amides is 4. The number of benzene rings is 1. The Morgan fingerprint density at radius 2 is 1.84 bits per heavy atom. The van der Waals surface area contributed by atoms with Crippen molar-refractivity contribution in [2.45, 2.75) is 120 Å². The maximum absolute atomic E-state index is 14.9. The number of sulfonamides is 1. The van der Waals surface area contributed by atoms with Crippen LogP contribution in [-0.2, 0) is 29.1 Å². The van der Waals surface area contributed by atoms with Crippen LogP contribution in [-0.4, -0.2) is 96.5 Å². The maximum atomic E-state index is 14.9. The Morgan fingerprint density at radius 1 is 1.12 bits per heavy atom. The van der Waals surface area contributed by atoms with Crippen LogP contribution in [0.3, 0.4) is 0 Å². The van der Waals surface area contributed by atoms with Gasteiger partial charge in [0.05, 0.1) is 25.1 Å². The molecule has 318 valence electrons. The molecular formula is C39H49ClF3N5O9S. The number of hydrogen-bond acceptors (Lipinski definition) is 10. The lowest BCUT2D eigenvalue weighted by Gasteiger charge is -2.35. The Hall–Kier alpha value is -4.32. The molecule has 2 aromatic rings. The molecule has 1 aromatic heterocycles. The number of nitrogens with one attached hydrogen (secondary N) is 3. The molecule has 7 atom stereocenters. The Morgan fingerprint density at radius 3 is 2.50 bits per heavy atom. The van der Waals surface area contributed by atoms with Gasteiger partial charge in [0.15, 0.2) is 0 Å². The summed E-state index contributed by atoms with van der Waals surface area (Å²) in [5, 5.41) is 5.96. The minimum atomic E-state index is -4.92. The minimum Gasteiger partial charge on any atom is -0.494 e. The molecule has 58 heavy (non-hydrogen) atoms. The van der Waals surface area contributed by atoms with Gasteiger partial charge >= 0.3 is 12.3 Å². The van der Waals surface area contributed by atoms with E-state index in [-0.39, 0.29) is 31.2 Å². The van der Waals surface area contributed by atoms with Crippen LogP contribution >= 0.6 is 11.6 Å². The fraction of sp³-hybridized carbons (Fsp3) is 0.615. The van der Waals surface area contributed by atoms with Gasteiger partial charge in [-0.1, -0.05) is 44.0 Å². The molecule has 0 radical (unpaired) electrons. The molecule has 1 saturated heterocycles. The van der Waals surface area contributed by atoms with E-state index in [0.29, 0.717) is 73.9 Å². The normalized spacial score (nSPS) is 28.3. The molecule has 0 unspecified atom stereocenters. The largest absolute Gasteiger partial charge is 0.494 e. The fourth-order valence-electron chi connectivity index (χ4n) is 7.74. The smallest absolute Gasteiger partial charge is 0.427 e. The quantitative estimate of drug-likeness (QED) is 0.270. The number of halogens is 4. The number of aromatic nitrogens is 1. The number of carbonyl (C=O) groups excluding carboxylic acids is 4. The van der Waals surface area contributed by atoms with E-state index in [2.05, 4.69) is 20.3 Å². The summed E-state index contributed by atoms with van der Waals surface area (Å²) in [6.45, 7) is 4.88.